The van der Waals surface area contributed by atoms with E-state index in [-0.39, 0.29) is 11.6 Å². The molecule has 0 radical (unpaired) electrons. The number of imidazole rings is 1. The van der Waals surface area contributed by atoms with Crippen molar-refractivity contribution in [1.82, 2.24) is 14.9 Å². The topological polar surface area (TPSA) is 94.2 Å². The van der Waals surface area contributed by atoms with Gasteiger partial charge in [-0.1, -0.05) is 48.3 Å². The van der Waals surface area contributed by atoms with Crippen LogP contribution in [0.5, 0.6) is 5.75 Å². The number of nitrogens with two attached hydrogens (primary N) is 1. The first-order chi connectivity index (χ1) is 15.9. The maximum Gasteiger partial charge on any atom is 0.271 e. The van der Waals surface area contributed by atoms with E-state index in [2.05, 4.69) is 15.6 Å². The van der Waals surface area contributed by atoms with Crippen LogP contribution in [0, 0.1) is 0 Å². The number of anilines is 1. The third kappa shape index (κ3) is 5.50. The lowest BCUT2D eigenvalue weighted by Crippen LogP contribution is -2.23. The lowest BCUT2D eigenvalue weighted by atomic mass is 10.0. The Labute approximate surface area is 203 Å². The summed E-state index contributed by atoms with van der Waals surface area (Å²) in [5.74, 6) is 0.874. The lowest BCUT2D eigenvalue weighted by molar-refractivity contribution is 0.0946. The van der Waals surface area contributed by atoms with Gasteiger partial charge in [0, 0.05) is 42.5 Å². The molecule has 0 unspecified atom stereocenters. The lowest BCUT2D eigenvalue weighted by Gasteiger charge is -2.18. The Morgan fingerprint density at radius 3 is 2.61 bits per heavy atom. The molecule has 1 amide bonds. The van der Waals surface area contributed by atoms with Gasteiger partial charge in [-0.05, 0) is 36.3 Å². The average Bonchev–Trinajstić information content (AvgIpc) is 3.25. The van der Waals surface area contributed by atoms with Crippen LogP contribution in [-0.2, 0) is 6.54 Å². The molecule has 7 nitrogen and oxygen atoms in total. The Morgan fingerprint density at radius 2 is 1.97 bits per heavy atom. The number of para-hydroxylation sites is 1. The van der Waals surface area contributed by atoms with Gasteiger partial charge in [-0.15, -0.1) is 0 Å². The van der Waals surface area contributed by atoms with E-state index in [1.807, 2.05) is 37.3 Å². The zero-order valence-electron chi connectivity index (χ0n) is 18.8. The Kier molecular flexibility index (Phi) is 8.38. The molecule has 4 N–H and O–H groups in total. The minimum atomic E-state index is -0.316. The van der Waals surface area contributed by atoms with E-state index in [1.165, 1.54) is 0 Å². The van der Waals surface area contributed by atoms with Crippen LogP contribution in [0.2, 0.25) is 10.0 Å². The third-order valence-corrected chi connectivity index (χ3v) is 5.78. The Morgan fingerprint density at radius 1 is 1.21 bits per heavy atom. The van der Waals surface area contributed by atoms with E-state index in [0.717, 1.165) is 22.4 Å². The van der Waals surface area contributed by atoms with Gasteiger partial charge in [0.1, 0.15) is 11.4 Å². The first-order valence-electron chi connectivity index (χ1n) is 10.5. The summed E-state index contributed by atoms with van der Waals surface area (Å²) in [5, 5.41) is 6.97. The molecule has 174 valence electrons. The number of carbonyl (C=O) groups excluding carboxylic acids is 1. The number of amides is 1. The van der Waals surface area contributed by atoms with Crippen molar-refractivity contribution in [3.63, 3.8) is 0 Å². The third-order valence-electron chi connectivity index (χ3n) is 5.23. The molecular weight excluding hydrogens is 461 g/mol. The van der Waals surface area contributed by atoms with Crippen molar-refractivity contribution in [2.24, 2.45) is 5.73 Å². The molecule has 1 heterocycles. The molecule has 3 aromatic rings. The maximum absolute atomic E-state index is 12.9. The highest BCUT2D eigenvalue weighted by Crippen LogP contribution is 2.33. The van der Waals surface area contributed by atoms with Crippen LogP contribution in [0.4, 0.5) is 5.95 Å². The molecule has 0 saturated heterocycles. The summed E-state index contributed by atoms with van der Waals surface area (Å²) in [4.78, 5) is 17.4. The summed E-state index contributed by atoms with van der Waals surface area (Å²) in [6.45, 7) is 2.64. The van der Waals surface area contributed by atoms with Crippen molar-refractivity contribution in [3.8, 4) is 5.75 Å². The summed E-state index contributed by atoms with van der Waals surface area (Å²) in [5.41, 5.74) is 9.65. The number of carbonyl (C=O) groups is 1. The molecule has 0 aliphatic rings. The average molecular weight is 488 g/mol. The highest BCUT2D eigenvalue weighted by atomic mass is 35.5. The van der Waals surface area contributed by atoms with E-state index in [1.54, 1.807) is 37.1 Å². The molecule has 9 heteroatoms. The smallest absolute Gasteiger partial charge is 0.271 e. The van der Waals surface area contributed by atoms with Crippen LogP contribution in [0.15, 0.2) is 54.2 Å². The van der Waals surface area contributed by atoms with Gasteiger partial charge < -0.3 is 21.1 Å². The molecule has 0 aliphatic carbocycles. The number of nitrogens with one attached hydrogen (secondary N) is 2. The molecule has 0 aliphatic heterocycles. The van der Waals surface area contributed by atoms with Gasteiger partial charge in [-0.25, -0.2) is 4.98 Å². The van der Waals surface area contributed by atoms with Crippen molar-refractivity contribution >= 4 is 40.8 Å². The fraction of sp³-hybridized carbons (Fsp3) is 0.250. The minimum absolute atomic E-state index is 0.254. The number of rotatable bonds is 9. The molecular formula is C24H27Cl2N5O2. The Bertz CT molecular complexity index is 1170. The Hall–Kier alpha value is -3.00. The highest BCUT2D eigenvalue weighted by Gasteiger charge is 2.21. The summed E-state index contributed by atoms with van der Waals surface area (Å²) in [7, 11) is 3.34. The molecule has 0 saturated carbocycles. The van der Waals surface area contributed by atoms with Crippen molar-refractivity contribution in [1.29, 1.82) is 0 Å². The normalized spacial score (nSPS) is 11.7. The van der Waals surface area contributed by atoms with E-state index in [0.29, 0.717) is 41.3 Å². The number of ether oxygens (including phenoxy) is 1. The maximum atomic E-state index is 12.9. The number of methoxy groups -OCH3 is 1. The van der Waals surface area contributed by atoms with Gasteiger partial charge in [0.05, 0.1) is 17.8 Å². The molecule has 1 aromatic heterocycles. The summed E-state index contributed by atoms with van der Waals surface area (Å²) in [6, 6.07) is 12.8. The van der Waals surface area contributed by atoms with Crippen LogP contribution in [0.1, 0.15) is 35.0 Å². The van der Waals surface area contributed by atoms with Gasteiger partial charge in [0.2, 0.25) is 5.95 Å². The van der Waals surface area contributed by atoms with Crippen molar-refractivity contribution in [3.05, 3.63) is 81.1 Å². The van der Waals surface area contributed by atoms with Crippen molar-refractivity contribution in [2.75, 3.05) is 26.0 Å². The Balaban J connectivity index is 1.99. The highest BCUT2D eigenvalue weighted by molar-refractivity contribution is 6.35. The second kappa shape index (κ2) is 11.2. The number of aromatic nitrogens is 2. The van der Waals surface area contributed by atoms with Crippen molar-refractivity contribution < 1.29 is 9.53 Å². The quantitative estimate of drug-likeness (QED) is 0.403. The summed E-state index contributed by atoms with van der Waals surface area (Å²) in [6.07, 6.45) is 2.37. The van der Waals surface area contributed by atoms with Crippen LogP contribution in [0.25, 0.3) is 5.70 Å². The molecule has 33 heavy (non-hydrogen) atoms. The predicted molar refractivity (Wildman–Crippen MR) is 134 cm³/mol. The molecule has 0 bridgehead atoms. The molecule has 0 atom stereocenters. The SMILES string of the molecule is CC/C(CN)=C(/c1ccc(Cl)cc1Cl)n1cc(C(=O)NCc2ccccc2OC)nc1NC. The zero-order valence-corrected chi connectivity index (χ0v) is 20.3. The fourth-order valence-corrected chi connectivity index (χ4v) is 4.03. The van der Waals surface area contributed by atoms with E-state index in [4.69, 9.17) is 33.7 Å². The van der Waals surface area contributed by atoms with Crippen LogP contribution in [0.3, 0.4) is 0 Å². The largest absolute Gasteiger partial charge is 0.496 e. The summed E-state index contributed by atoms with van der Waals surface area (Å²) < 4.78 is 7.16. The van der Waals surface area contributed by atoms with Gasteiger partial charge in [-0.2, -0.15) is 0 Å². The van der Waals surface area contributed by atoms with Gasteiger partial charge in [-0.3, -0.25) is 9.36 Å². The molecule has 3 rings (SSSR count). The van der Waals surface area contributed by atoms with Crippen LogP contribution < -0.4 is 21.1 Å². The molecule has 0 fully saturated rings. The standard InChI is InChI=1S/C24H27Cl2N5O2/c1-4-15(12-27)22(18-10-9-17(25)11-19(18)26)31-14-20(30-24(31)28-2)23(32)29-13-16-7-5-6-8-21(16)33-3/h5-11,14H,4,12-13,27H2,1-3H3,(H,28,30)(H,29,32)/b22-15+. The number of halogens is 2. The second-order valence-electron chi connectivity index (χ2n) is 7.20. The first-order valence-corrected chi connectivity index (χ1v) is 11.2. The van der Waals surface area contributed by atoms with E-state index < -0.39 is 0 Å². The number of hydrogen-bond acceptors (Lipinski definition) is 5. The second-order valence-corrected chi connectivity index (χ2v) is 8.04. The first kappa shape index (κ1) is 24.6. The van der Waals surface area contributed by atoms with E-state index >= 15 is 0 Å². The minimum Gasteiger partial charge on any atom is -0.496 e. The van der Waals surface area contributed by atoms with Crippen LogP contribution in [-0.4, -0.2) is 36.2 Å². The number of nitrogens with zero attached hydrogens (tertiary/aromatic N) is 2. The van der Waals surface area contributed by atoms with E-state index in [9.17, 15) is 4.79 Å². The summed E-state index contributed by atoms with van der Waals surface area (Å²) >= 11 is 12.6. The number of benzene rings is 2. The van der Waals surface area contributed by atoms with Crippen molar-refractivity contribution in [2.45, 2.75) is 19.9 Å². The molecule has 2 aromatic carbocycles. The van der Waals surface area contributed by atoms with Gasteiger partial charge in [0.25, 0.3) is 5.91 Å². The monoisotopic (exact) mass is 487 g/mol. The fourth-order valence-electron chi connectivity index (χ4n) is 3.53. The van der Waals surface area contributed by atoms with Gasteiger partial charge in [0.15, 0.2) is 0 Å². The molecule has 0 spiro atoms. The predicted octanol–water partition coefficient (Wildman–Crippen LogP) is 4.80. The number of hydrogen-bond donors (Lipinski definition) is 3. The van der Waals surface area contributed by atoms with Gasteiger partial charge >= 0.3 is 0 Å². The zero-order chi connectivity index (χ0) is 24.0. The van der Waals surface area contributed by atoms with Crippen LogP contribution >= 0.6 is 23.2 Å².